The minimum absolute atomic E-state index is 0.0574. The summed E-state index contributed by atoms with van der Waals surface area (Å²) in [6.07, 6.45) is 1.37. The van der Waals surface area contributed by atoms with Gasteiger partial charge in [-0.15, -0.1) is 0 Å². The van der Waals surface area contributed by atoms with Gasteiger partial charge in [-0.1, -0.05) is 0 Å². The van der Waals surface area contributed by atoms with Crippen molar-refractivity contribution in [2.24, 2.45) is 0 Å². The van der Waals surface area contributed by atoms with Gasteiger partial charge < -0.3 is 9.72 Å². The van der Waals surface area contributed by atoms with Crippen LogP contribution in [0.15, 0.2) is 41.3 Å². The lowest BCUT2D eigenvalue weighted by Crippen LogP contribution is -2.06. The van der Waals surface area contributed by atoms with E-state index in [4.69, 9.17) is 0 Å². The second-order valence-electron chi connectivity index (χ2n) is 3.19. The molecule has 1 aromatic carbocycles. The molecule has 1 heterocycles. The maximum atomic E-state index is 11.9. The number of halogens is 2. The summed E-state index contributed by atoms with van der Waals surface area (Å²) in [7, 11) is 0. The Labute approximate surface area is 94.9 Å². The van der Waals surface area contributed by atoms with E-state index in [0.717, 1.165) is 0 Å². The molecular weight excluding hydrogens is 230 g/mol. The van der Waals surface area contributed by atoms with E-state index < -0.39 is 6.61 Å². The summed E-state index contributed by atoms with van der Waals surface area (Å²) >= 11 is 0. The van der Waals surface area contributed by atoms with E-state index in [0.29, 0.717) is 11.4 Å². The van der Waals surface area contributed by atoms with Gasteiger partial charge in [0.25, 0.3) is 5.56 Å². The predicted octanol–water partition coefficient (Wildman–Crippen LogP) is 2.04. The maximum absolute atomic E-state index is 11.9. The Morgan fingerprint density at radius 3 is 2.47 bits per heavy atom. The monoisotopic (exact) mass is 238 g/mol. The van der Waals surface area contributed by atoms with Crippen LogP contribution in [0.4, 0.5) is 8.78 Å². The van der Waals surface area contributed by atoms with Gasteiger partial charge in [0.2, 0.25) is 0 Å². The topological polar surface area (TPSA) is 55.0 Å². The second-order valence-corrected chi connectivity index (χ2v) is 3.19. The number of ether oxygens (including phenoxy) is 1. The van der Waals surface area contributed by atoms with Crippen LogP contribution in [0.1, 0.15) is 0 Å². The number of hydrogen-bond donors (Lipinski definition) is 1. The van der Waals surface area contributed by atoms with Gasteiger partial charge in [0.05, 0.1) is 0 Å². The summed E-state index contributed by atoms with van der Waals surface area (Å²) in [5, 5.41) is 0. The van der Waals surface area contributed by atoms with E-state index in [2.05, 4.69) is 14.7 Å². The molecule has 0 saturated carbocycles. The van der Waals surface area contributed by atoms with Crippen LogP contribution in [-0.4, -0.2) is 16.6 Å². The van der Waals surface area contributed by atoms with Crippen LogP contribution in [0.25, 0.3) is 11.4 Å². The number of nitrogens with one attached hydrogen (secondary N) is 1. The van der Waals surface area contributed by atoms with Crippen LogP contribution in [0.3, 0.4) is 0 Å². The maximum Gasteiger partial charge on any atom is 0.387 e. The van der Waals surface area contributed by atoms with E-state index >= 15 is 0 Å². The molecule has 17 heavy (non-hydrogen) atoms. The molecule has 1 N–H and O–H groups in total. The first-order valence-electron chi connectivity index (χ1n) is 4.76. The van der Waals surface area contributed by atoms with Gasteiger partial charge in [-0.3, -0.25) is 4.79 Å². The highest BCUT2D eigenvalue weighted by Crippen LogP contribution is 2.19. The van der Waals surface area contributed by atoms with Crippen LogP contribution >= 0.6 is 0 Å². The van der Waals surface area contributed by atoms with E-state index in [1.54, 1.807) is 0 Å². The number of rotatable bonds is 3. The molecule has 0 spiro atoms. The fourth-order valence-electron chi connectivity index (χ4n) is 1.31. The van der Waals surface area contributed by atoms with E-state index in [9.17, 15) is 13.6 Å². The van der Waals surface area contributed by atoms with Crippen molar-refractivity contribution in [3.05, 3.63) is 46.9 Å². The molecule has 0 amide bonds. The molecule has 0 unspecified atom stereocenters. The third-order valence-corrected chi connectivity index (χ3v) is 2.02. The molecule has 0 fully saturated rings. The second kappa shape index (κ2) is 4.73. The number of H-pyrrole nitrogens is 1. The normalized spacial score (nSPS) is 10.5. The Morgan fingerprint density at radius 2 is 1.88 bits per heavy atom. The SMILES string of the molecule is O=c1ccnc(-c2ccc(OC(F)F)cc2)[nH]1. The number of aromatic nitrogens is 2. The molecule has 4 nitrogen and oxygen atoms in total. The molecule has 88 valence electrons. The standard InChI is InChI=1S/C11H8F2N2O2/c12-11(13)17-8-3-1-7(2-4-8)10-14-6-5-9(16)15-10/h1-6,11H,(H,14,15,16). The molecule has 2 aromatic rings. The Morgan fingerprint density at radius 1 is 1.18 bits per heavy atom. The fraction of sp³-hybridized carbons (Fsp3) is 0.0909. The van der Waals surface area contributed by atoms with Gasteiger partial charge in [-0.2, -0.15) is 8.78 Å². The van der Waals surface area contributed by atoms with Gasteiger partial charge in [0.15, 0.2) is 0 Å². The molecule has 0 radical (unpaired) electrons. The smallest absolute Gasteiger partial charge is 0.387 e. The van der Waals surface area contributed by atoms with Gasteiger partial charge in [-0.05, 0) is 24.3 Å². The molecule has 0 bridgehead atoms. The number of aromatic amines is 1. The van der Waals surface area contributed by atoms with Gasteiger partial charge in [0, 0.05) is 17.8 Å². The zero-order valence-corrected chi connectivity index (χ0v) is 8.56. The Kier molecular flexibility index (Phi) is 3.13. The first kappa shape index (κ1) is 11.3. The first-order chi connectivity index (χ1) is 8.15. The van der Waals surface area contributed by atoms with Gasteiger partial charge >= 0.3 is 6.61 Å². The molecule has 6 heteroatoms. The predicted molar refractivity (Wildman–Crippen MR) is 56.9 cm³/mol. The third kappa shape index (κ3) is 2.87. The van der Waals surface area contributed by atoms with Crippen molar-refractivity contribution in [3.63, 3.8) is 0 Å². The van der Waals surface area contributed by atoms with Crippen molar-refractivity contribution < 1.29 is 13.5 Å². The Hall–Kier alpha value is -2.24. The molecule has 0 aliphatic heterocycles. The third-order valence-electron chi connectivity index (χ3n) is 2.02. The van der Waals surface area contributed by atoms with Crippen LogP contribution in [0.2, 0.25) is 0 Å². The van der Waals surface area contributed by atoms with Crippen molar-refractivity contribution in [3.8, 4) is 17.1 Å². The largest absolute Gasteiger partial charge is 0.435 e. The van der Waals surface area contributed by atoms with Crippen molar-refractivity contribution in [1.29, 1.82) is 0 Å². The Bertz CT molecular complexity index is 552. The lowest BCUT2D eigenvalue weighted by Gasteiger charge is -2.05. The van der Waals surface area contributed by atoms with Gasteiger partial charge in [0.1, 0.15) is 11.6 Å². The zero-order chi connectivity index (χ0) is 12.3. The van der Waals surface area contributed by atoms with Crippen LogP contribution < -0.4 is 10.3 Å². The number of benzene rings is 1. The molecule has 0 atom stereocenters. The lowest BCUT2D eigenvalue weighted by molar-refractivity contribution is -0.0498. The molecule has 0 aliphatic rings. The highest BCUT2D eigenvalue weighted by atomic mass is 19.3. The molecule has 0 aliphatic carbocycles. The van der Waals surface area contributed by atoms with Crippen LogP contribution in [-0.2, 0) is 0 Å². The average molecular weight is 238 g/mol. The molecular formula is C11H8F2N2O2. The van der Waals surface area contributed by atoms with E-state index in [1.165, 1.54) is 36.5 Å². The summed E-state index contributed by atoms with van der Waals surface area (Å²) in [5.41, 5.74) is 0.340. The van der Waals surface area contributed by atoms with E-state index in [1.807, 2.05) is 0 Å². The summed E-state index contributed by atoms with van der Waals surface area (Å²) in [6, 6.07) is 7.13. The van der Waals surface area contributed by atoms with Crippen LogP contribution in [0.5, 0.6) is 5.75 Å². The number of alkyl halides is 2. The highest BCUT2D eigenvalue weighted by Gasteiger charge is 2.05. The summed E-state index contributed by atoms with van der Waals surface area (Å²) in [6.45, 7) is -2.85. The fourth-order valence-corrected chi connectivity index (χ4v) is 1.31. The van der Waals surface area contributed by atoms with Crippen LogP contribution in [0, 0.1) is 0 Å². The quantitative estimate of drug-likeness (QED) is 0.890. The molecule has 0 saturated heterocycles. The minimum atomic E-state index is -2.85. The lowest BCUT2D eigenvalue weighted by atomic mass is 10.2. The summed E-state index contributed by atoms with van der Waals surface area (Å²) < 4.78 is 28.0. The van der Waals surface area contributed by atoms with Gasteiger partial charge in [-0.25, -0.2) is 4.98 Å². The first-order valence-corrected chi connectivity index (χ1v) is 4.76. The highest BCUT2D eigenvalue weighted by molar-refractivity contribution is 5.55. The number of hydrogen-bond acceptors (Lipinski definition) is 3. The minimum Gasteiger partial charge on any atom is -0.435 e. The molecule has 1 aromatic heterocycles. The van der Waals surface area contributed by atoms with Crippen molar-refractivity contribution >= 4 is 0 Å². The Balaban J connectivity index is 2.26. The van der Waals surface area contributed by atoms with E-state index in [-0.39, 0.29) is 11.3 Å². The average Bonchev–Trinajstić information content (AvgIpc) is 2.29. The number of nitrogens with zero attached hydrogens (tertiary/aromatic N) is 1. The van der Waals surface area contributed by atoms with Crippen molar-refractivity contribution in [2.75, 3.05) is 0 Å². The van der Waals surface area contributed by atoms with Crippen molar-refractivity contribution in [2.45, 2.75) is 6.61 Å². The summed E-state index contributed by atoms with van der Waals surface area (Å²) in [4.78, 5) is 17.5. The van der Waals surface area contributed by atoms with Crippen molar-refractivity contribution in [1.82, 2.24) is 9.97 Å². The molecule has 2 rings (SSSR count). The zero-order valence-electron chi connectivity index (χ0n) is 8.56. The summed E-state index contributed by atoms with van der Waals surface area (Å²) in [5.74, 6) is 0.433.